The summed E-state index contributed by atoms with van der Waals surface area (Å²) >= 11 is 0. The number of hydrogen-bond donors (Lipinski definition) is 1. The Labute approximate surface area is 206 Å². The topological polar surface area (TPSA) is 86.0 Å². The zero-order valence-corrected chi connectivity index (χ0v) is 19.0. The Bertz CT molecular complexity index is 1600. The first-order chi connectivity index (χ1) is 17.6. The highest BCUT2D eigenvalue weighted by atomic mass is 16.6. The number of aliphatic hydroxyl groups excluding tert-OH is 1. The predicted molar refractivity (Wildman–Crippen MR) is 137 cm³/mol. The molecule has 1 N–H and O–H groups in total. The minimum absolute atomic E-state index is 0.143. The molecule has 0 spiro atoms. The first-order valence-electron chi connectivity index (χ1n) is 11.1. The molecule has 1 aromatic heterocycles. The molecule has 0 aliphatic carbocycles. The number of esters is 1. The van der Waals surface area contributed by atoms with Crippen LogP contribution >= 0.6 is 0 Å². The highest BCUT2D eigenvalue weighted by molar-refractivity contribution is 6.17. The highest BCUT2D eigenvalue weighted by Crippen LogP contribution is 2.26. The van der Waals surface area contributed by atoms with Crippen molar-refractivity contribution in [2.75, 3.05) is 0 Å². The van der Waals surface area contributed by atoms with Gasteiger partial charge in [-0.2, -0.15) is 0 Å². The zero-order chi connectivity index (χ0) is 24.9. The van der Waals surface area contributed by atoms with Crippen molar-refractivity contribution in [2.45, 2.75) is 0 Å². The van der Waals surface area contributed by atoms with Crippen LogP contribution in [-0.2, 0) is 4.79 Å². The first-order valence-corrected chi connectivity index (χ1v) is 11.1. The van der Waals surface area contributed by atoms with Crippen LogP contribution in [-0.4, -0.2) is 11.1 Å². The van der Waals surface area contributed by atoms with E-state index in [4.69, 9.17) is 13.9 Å². The molecule has 0 radical (unpaired) electrons. The van der Waals surface area contributed by atoms with Gasteiger partial charge in [-0.15, -0.1) is 0 Å². The number of carbonyl (C=O) groups is 1. The van der Waals surface area contributed by atoms with Gasteiger partial charge >= 0.3 is 5.97 Å². The fourth-order valence-corrected chi connectivity index (χ4v) is 3.73. The van der Waals surface area contributed by atoms with Crippen molar-refractivity contribution in [3.8, 4) is 22.6 Å². The van der Waals surface area contributed by atoms with Gasteiger partial charge in [-0.05, 0) is 35.4 Å². The molecule has 0 atom stereocenters. The van der Waals surface area contributed by atoms with Crippen molar-refractivity contribution < 1.29 is 23.8 Å². The van der Waals surface area contributed by atoms with E-state index in [1.54, 1.807) is 66.7 Å². The number of para-hydroxylation sites is 1. The first kappa shape index (κ1) is 22.7. The quantitative estimate of drug-likeness (QED) is 0.133. The van der Waals surface area contributed by atoms with Gasteiger partial charge in [0.1, 0.15) is 28.9 Å². The van der Waals surface area contributed by atoms with Crippen molar-refractivity contribution in [3.05, 3.63) is 137 Å². The number of rotatable bonds is 6. The normalized spacial score (nSPS) is 11.6. The molecule has 0 aliphatic rings. The summed E-state index contributed by atoms with van der Waals surface area (Å²) in [5.74, 6) is -0.934. The van der Waals surface area contributed by atoms with E-state index in [0.717, 1.165) is 5.56 Å². The molecule has 5 rings (SSSR count). The van der Waals surface area contributed by atoms with Gasteiger partial charge < -0.3 is 19.0 Å². The molecule has 0 saturated carbocycles. The third-order valence-corrected chi connectivity index (χ3v) is 5.48. The third kappa shape index (κ3) is 4.74. The van der Waals surface area contributed by atoms with Gasteiger partial charge in [0.15, 0.2) is 5.43 Å². The second kappa shape index (κ2) is 10.0. The Kier molecular flexibility index (Phi) is 6.32. The number of carbonyl (C=O) groups excluding carboxylic acids is 1. The highest BCUT2D eigenvalue weighted by Gasteiger charge is 2.22. The second-order valence-electron chi connectivity index (χ2n) is 7.85. The molecule has 6 nitrogen and oxygen atoms in total. The second-order valence-corrected chi connectivity index (χ2v) is 7.85. The molecule has 0 fully saturated rings. The third-order valence-electron chi connectivity index (χ3n) is 5.48. The van der Waals surface area contributed by atoms with E-state index in [0.29, 0.717) is 22.3 Å². The van der Waals surface area contributed by atoms with Crippen LogP contribution in [0.2, 0.25) is 0 Å². The number of ether oxygens (including phenoxy) is 2. The minimum atomic E-state index is -0.836. The fourth-order valence-electron chi connectivity index (χ4n) is 3.73. The Morgan fingerprint density at radius 3 is 2.06 bits per heavy atom. The van der Waals surface area contributed by atoms with Crippen molar-refractivity contribution >= 4 is 22.5 Å². The van der Waals surface area contributed by atoms with Crippen LogP contribution in [0.25, 0.3) is 27.7 Å². The summed E-state index contributed by atoms with van der Waals surface area (Å²) in [7, 11) is 0. The smallest absolute Gasteiger partial charge is 0.351 e. The molecule has 0 unspecified atom stereocenters. The van der Waals surface area contributed by atoms with Crippen molar-refractivity contribution in [1.29, 1.82) is 0 Å². The van der Waals surface area contributed by atoms with E-state index >= 15 is 0 Å². The van der Waals surface area contributed by atoms with Crippen LogP contribution in [0.15, 0.2) is 131 Å². The van der Waals surface area contributed by atoms with E-state index in [2.05, 4.69) is 0 Å². The van der Waals surface area contributed by atoms with Gasteiger partial charge in [0.05, 0.1) is 10.9 Å². The largest absolute Gasteiger partial charge is 0.480 e. The molecule has 1 heterocycles. The van der Waals surface area contributed by atoms with Crippen LogP contribution in [0, 0.1) is 0 Å². The molecule has 0 saturated heterocycles. The van der Waals surface area contributed by atoms with Crippen molar-refractivity contribution in [1.82, 2.24) is 0 Å². The monoisotopic (exact) mass is 476 g/mol. The molecule has 6 heteroatoms. The summed E-state index contributed by atoms with van der Waals surface area (Å²) in [6, 6.07) is 30.9. The SMILES string of the molecule is O=C(Oc1ccc2c(=O)c(-c3ccccc3)coc2c1)/C(=C(\O)Oc1ccccc1)c1ccccc1. The Balaban J connectivity index is 1.47. The summed E-state index contributed by atoms with van der Waals surface area (Å²) in [5.41, 5.74) is 1.51. The standard InChI is InChI=1S/C30H20O6/c31-28-24-17-16-23(18-26(24)34-19-25(28)20-10-4-1-5-11-20)36-30(33)27(21-12-6-2-7-13-21)29(32)35-22-14-8-3-9-15-22/h1-19,32H/b29-27+. The van der Waals surface area contributed by atoms with Crippen LogP contribution in [0.5, 0.6) is 11.5 Å². The van der Waals surface area contributed by atoms with Gasteiger partial charge in [-0.25, -0.2) is 4.79 Å². The van der Waals surface area contributed by atoms with E-state index in [9.17, 15) is 14.7 Å². The van der Waals surface area contributed by atoms with Gasteiger partial charge in [0.25, 0.3) is 5.95 Å². The van der Waals surface area contributed by atoms with E-state index in [-0.39, 0.29) is 22.3 Å². The summed E-state index contributed by atoms with van der Waals surface area (Å²) < 4.78 is 16.8. The average Bonchev–Trinajstić information content (AvgIpc) is 2.91. The van der Waals surface area contributed by atoms with E-state index in [1.807, 2.05) is 30.3 Å². The Morgan fingerprint density at radius 2 is 1.36 bits per heavy atom. The van der Waals surface area contributed by atoms with Crippen molar-refractivity contribution in [3.63, 3.8) is 0 Å². The molecular formula is C30H20O6. The summed E-state index contributed by atoms with van der Waals surface area (Å²) in [6.45, 7) is 0. The lowest BCUT2D eigenvalue weighted by Gasteiger charge is -2.12. The molecule has 4 aromatic carbocycles. The maximum Gasteiger partial charge on any atom is 0.351 e. The molecule has 0 bridgehead atoms. The average molecular weight is 476 g/mol. The lowest BCUT2D eigenvalue weighted by molar-refractivity contribution is -0.128. The van der Waals surface area contributed by atoms with Crippen molar-refractivity contribution in [2.24, 2.45) is 0 Å². The Hall–Kier alpha value is -5.10. The molecular weight excluding hydrogens is 456 g/mol. The number of benzene rings is 4. The van der Waals surface area contributed by atoms with Gasteiger partial charge in [-0.3, -0.25) is 4.79 Å². The Morgan fingerprint density at radius 1 is 0.722 bits per heavy atom. The summed E-state index contributed by atoms with van der Waals surface area (Å²) in [5, 5.41) is 11.1. The van der Waals surface area contributed by atoms with Gasteiger partial charge in [0, 0.05) is 6.07 Å². The summed E-state index contributed by atoms with van der Waals surface area (Å²) in [4.78, 5) is 26.2. The van der Waals surface area contributed by atoms with Crippen LogP contribution in [0.1, 0.15) is 5.56 Å². The van der Waals surface area contributed by atoms with Crippen LogP contribution < -0.4 is 14.9 Å². The fraction of sp³-hybridized carbons (Fsp3) is 0. The molecule has 176 valence electrons. The van der Waals surface area contributed by atoms with E-state index in [1.165, 1.54) is 18.4 Å². The van der Waals surface area contributed by atoms with Crippen LogP contribution in [0.4, 0.5) is 0 Å². The number of fused-ring (bicyclic) bond motifs is 1. The molecule has 0 aliphatic heterocycles. The lowest BCUT2D eigenvalue weighted by Crippen LogP contribution is -2.15. The van der Waals surface area contributed by atoms with Gasteiger partial charge in [-0.1, -0.05) is 78.9 Å². The number of aliphatic hydroxyl groups is 1. The molecule has 0 amide bonds. The van der Waals surface area contributed by atoms with E-state index < -0.39 is 11.9 Å². The van der Waals surface area contributed by atoms with Crippen LogP contribution in [0.3, 0.4) is 0 Å². The lowest BCUT2D eigenvalue weighted by atomic mass is 10.1. The maximum absolute atomic E-state index is 13.2. The van der Waals surface area contributed by atoms with Gasteiger partial charge in [0.2, 0.25) is 0 Å². The maximum atomic E-state index is 13.2. The number of hydrogen-bond acceptors (Lipinski definition) is 6. The summed E-state index contributed by atoms with van der Waals surface area (Å²) in [6.07, 6.45) is 1.39. The molecule has 5 aromatic rings. The minimum Gasteiger partial charge on any atom is -0.480 e. The molecule has 36 heavy (non-hydrogen) atoms. The zero-order valence-electron chi connectivity index (χ0n) is 19.0. The predicted octanol–water partition coefficient (Wildman–Crippen LogP) is 6.37.